The van der Waals surface area contributed by atoms with Crippen LogP contribution in [-0.4, -0.2) is 105 Å². The Kier molecular flexibility index (Phi) is 13.6. The lowest BCUT2D eigenvalue weighted by Gasteiger charge is -2.35. The average Bonchev–Trinajstić information content (AvgIpc) is 4.02. The van der Waals surface area contributed by atoms with Crippen molar-refractivity contribution in [1.82, 2.24) is 40.4 Å². The number of amides is 3. The second-order valence-electron chi connectivity index (χ2n) is 16.3. The average molecular weight is 837 g/mol. The molecule has 2 aliphatic rings. The number of imidazole rings is 2. The number of H-pyrrole nitrogens is 2. The fraction of sp³-hybridized carbons (Fsp3) is 0.500. The molecule has 312 valence electrons. The van der Waals surface area contributed by atoms with E-state index in [1.807, 2.05) is 63.8 Å². The minimum Gasteiger partial charge on any atom is -0.453 e. The summed E-state index contributed by atoms with van der Waals surface area (Å²) in [6, 6.07) is 10.7. The van der Waals surface area contributed by atoms with E-state index in [0.717, 1.165) is 29.9 Å². The highest BCUT2D eigenvalue weighted by Crippen LogP contribution is 2.39. The summed E-state index contributed by atoms with van der Waals surface area (Å²) in [5, 5.41) is 6.45. The third-order valence-corrected chi connectivity index (χ3v) is 12.3. The van der Waals surface area contributed by atoms with Crippen LogP contribution in [0.25, 0.3) is 33.6 Å². The molecule has 4 aromatic rings. The quantitative estimate of drug-likeness (QED) is 0.0997. The zero-order chi connectivity index (χ0) is 41.9. The molecule has 0 bridgehead atoms. The molecule has 2 aromatic heterocycles. The number of rotatable bonds is 13. The summed E-state index contributed by atoms with van der Waals surface area (Å²) in [5.74, 6) is 0.407. The van der Waals surface area contributed by atoms with Crippen molar-refractivity contribution in [3.63, 3.8) is 0 Å². The molecular formula is C42H54ClFN8O5S. The second kappa shape index (κ2) is 18.2. The maximum Gasteiger partial charge on any atom is 0.407 e. The van der Waals surface area contributed by atoms with Crippen molar-refractivity contribution in [2.75, 3.05) is 40.3 Å². The smallest absolute Gasteiger partial charge is 0.407 e. The molecule has 4 heterocycles. The maximum atomic E-state index is 15.8. The van der Waals surface area contributed by atoms with Gasteiger partial charge in [-0.2, -0.15) is 11.8 Å². The number of nitrogens with zero attached hydrogens (tertiary/aromatic N) is 4. The molecule has 6 rings (SSSR count). The van der Waals surface area contributed by atoms with E-state index in [2.05, 4.69) is 26.9 Å². The number of benzene rings is 2. The zero-order valence-corrected chi connectivity index (χ0v) is 35.9. The second-order valence-corrected chi connectivity index (χ2v) is 17.8. The monoisotopic (exact) mass is 836 g/mol. The summed E-state index contributed by atoms with van der Waals surface area (Å²) in [6.45, 7) is 11.2. The molecule has 0 radical (unpaired) electrons. The fourth-order valence-electron chi connectivity index (χ4n) is 7.86. The minimum absolute atomic E-state index is 0.0232. The van der Waals surface area contributed by atoms with Crippen LogP contribution in [0.4, 0.5) is 9.18 Å². The van der Waals surface area contributed by atoms with Gasteiger partial charge in [-0.1, -0.05) is 82.6 Å². The van der Waals surface area contributed by atoms with Crippen LogP contribution in [-0.2, 0) is 19.1 Å². The van der Waals surface area contributed by atoms with Crippen molar-refractivity contribution in [2.24, 2.45) is 11.3 Å². The molecule has 5 atom stereocenters. The van der Waals surface area contributed by atoms with E-state index < -0.39 is 24.0 Å². The predicted molar refractivity (Wildman–Crippen MR) is 224 cm³/mol. The van der Waals surface area contributed by atoms with Crippen molar-refractivity contribution < 1.29 is 28.2 Å². The van der Waals surface area contributed by atoms with Crippen LogP contribution in [0.3, 0.4) is 0 Å². The van der Waals surface area contributed by atoms with Crippen LogP contribution in [0, 0.1) is 17.2 Å². The van der Waals surface area contributed by atoms with E-state index in [9.17, 15) is 14.4 Å². The van der Waals surface area contributed by atoms with E-state index in [-0.39, 0.29) is 52.4 Å². The predicted octanol–water partition coefficient (Wildman–Crippen LogP) is 7.58. The van der Waals surface area contributed by atoms with Gasteiger partial charge in [-0.3, -0.25) is 14.9 Å². The van der Waals surface area contributed by atoms with E-state index in [4.69, 9.17) is 31.0 Å². The van der Waals surface area contributed by atoms with Gasteiger partial charge in [-0.15, -0.1) is 0 Å². The number of hydrogen-bond acceptors (Lipinski definition) is 9. The van der Waals surface area contributed by atoms with Crippen molar-refractivity contribution in [3.05, 3.63) is 71.3 Å². The lowest BCUT2D eigenvalue weighted by atomic mass is 9.85. The van der Waals surface area contributed by atoms with E-state index >= 15 is 4.39 Å². The van der Waals surface area contributed by atoms with Gasteiger partial charge in [0.2, 0.25) is 11.8 Å². The van der Waals surface area contributed by atoms with E-state index in [0.29, 0.717) is 47.7 Å². The number of aromatic nitrogens is 4. The molecular weight excluding hydrogens is 783 g/mol. The third-order valence-electron chi connectivity index (χ3n) is 11.0. The first kappa shape index (κ1) is 43.1. The molecule has 0 aliphatic carbocycles. The molecule has 3 amide bonds. The van der Waals surface area contributed by atoms with Gasteiger partial charge in [0.25, 0.3) is 0 Å². The molecule has 0 spiro atoms. The number of carbonyl (C=O) groups excluding carboxylic acids is 3. The first-order valence-corrected chi connectivity index (χ1v) is 21.2. The van der Waals surface area contributed by atoms with Crippen molar-refractivity contribution in [1.29, 1.82) is 0 Å². The van der Waals surface area contributed by atoms with Gasteiger partial charge >= 0.3 is 6.09 Å². The normalized spacial score (nSPS) is 19.5. The number of nitrogens with one attached hydrogen (secondary N) is 4. The van der Waals surface area contributed by atoms with Crippen LogP contribution in [0.1, 0.15) is 77.6 Å². The standard InChI is InChI=1S/C42H54ClFN8O5S/c1-23(2)33(49-41(55)57-7)39(53)51-17-9-10-31(51)38-48-34(36(43)50-38)26-15-16-28(29(44)18-26)24-11-13-25(14-12-24)30-20-45-37(47-30)32-19-27(58-8)21-52(32)40(54)35(42(3,4)5)46-22-56-6/h11-16,18,20,23,27,31-33,35,46H,9-10,17,19,21-22H2,1-8H3,(H,45,47)(H,48,50)(H,49,55). The summed E-state index contributed by atoms with van der Waals surface area (Å²) in [4.78, 5) is 59.3. The summed E-state index contributed by atoms with van der Waals surface area (Å²) in [7, 11) is 2.86. The van der Waals surface area contributed by atoms with E-state index in [1.54, 1.807) is 42.1 Å². The number of likely N-dealkylation sites (tertiary alicyclic amines) is 2. The van der Waals surface area contributed by atoms with Crippen molar-refractivity contribution in [2.45, 2.75) is 83.3 Å². The van der Waals surface area contributed by atoms with Crippen LogP contribution >= 0.6 is 23.4 Å². The lowest BCUT2D eigenvalue weighted by molar-refractivity contribution is -0.138. The molecule has 16 heteroatoms. The van der Waals surface area contributed by atoms with Crippen LogP contribution in [0.2, 0.25) is 5.15 Å². The number of hydrogen-bond donors (Lipinski definition) is 4. The Hall–Kier alpha value is -4.44. The molecule has 58 heavy (non-hydrogen) atoms. The summed E-state index contributed by atoms with van der Waals surface area (Å²) in [6.07, 6.45) is 5.37. The molecule has 2 saturated heterocycles. The Balaban J connectivity index is 1.17. The van der Waals surface area contributed by atoms with Gasteiger partial charge in [-0.05, 0) is 54.0 Å². The largest absolute Gasteiger partial charge is 0.453 e. The number of aromatic amines is 2. The SMILES string of the molecule is COCNC(C(=O)N1CC(SC)CC1c1ncc(-c2ccc(-c3ccc(-c4nc(C5CCCN5C(=O)C(NC(=O)OC)C(C)C)[nH]c4Cl)cc3F)cc2)[nH]1)C(C)(C)C. The minimum atomic E-state index is -0.769. The summed E-state index contributed by atoms with van der Waals surface area (Å²) in [5.41, 5.74) is 3.33. The molecule has 2 aliphatic heterocycles. The van der Waals surface area contributed by atoms with Crippen LogP contribution in [0.15, 0.2) is 48.7 Å². The summed E-state index contributed by atoms with van der Waals surface area (Å²) >= 11 is 8.40. The molecule has 4 N–H and O–H groups in total. The highest BCUT2D eigenvalue weighted by atomic mass is 35.5. The fourth-order valence-corrected chi connectivity index (χ4v) is 8.79. The molecule has 2 fully saturated rings. The highest BCUT2D eigenvalue weighted by molar-refractivity contribution is 7.99. The van der Waals surface area contributed by atoms with Gasteiger partial charge in [0.1, 0.15) is 34.4 Å². The molecule has 13 nitrogen and oxygen atoms in total. The first-order chi connectivity index (χ1) is 27.6. The van der Waals surface area contributed by atoms with Gasteiger partial charge in [-0.25, -0.2) is 19.2 Å². The molecule has 2 aromatic carbocycles. The maximum absolute atomic E-state index is 15.8. The number of ether oxygens (including phenoxy) is 2. The van der Waals surface area contributed by atoms with Crippen molar-refractivity contribution in [3.8, 4) is 33.6 Å². The van der Waals surface area contributed by atoms with Gasteiger partial charge in [0.15, 0.2) is 0 Å². The Labute approximate surface area is 348 Å². The topological polar surface area (TPSA) is 158 Å². The van der Waals surface area contributed by atoms with Gasteiger partial charge < -0.3 is 34.6 Å². The Bertz CT molecular complexity index is 2090. The number of thioether (sulfide) groups is 1. The number of alkyl carbamates (subject to hydrolysis) is 1. The van der Waals surface area contributed by atoms with Crippen molar-refractivity contribution >= 4 is 41.3 Å². The van der Waals surface area contributed by atoms with Crippen LogP contribution < -0.4 is 10.6 Å². The summed E-state index contributed by atoms with van der Waals surface area (Å²) < 4.78 is 25.8. The van der Waals surface area contributed by atoms with E-state index in [1.165, 1.54) is 13.2 Å². The highest BCUT2D eigenvalue weighted by Gasteiger charge is 2.43. The Morgan fingerprint density at radius 3 is 2.34 bits per heavy atom. The molecule has 5 unspecified atom stereocenters. The lowest BCUT2D eigenvalue weighted by Crippen LogP contribution is -2.53. The number of halogens is 2. The first-order valence-electron chi connectivity index (χ1n) is 19.6. The van der Waals surface area contributed by atoms with Crippen LogP contribution in [0.5, 0.6) is 0 Å². The Morgan fingerprint density at radius 1 is 1.00 bits per heavy atom. The third kappa shape index (κ3) is 9.22. The molecule has 0 saturated carbocycles. The number of carbonyl (C=O) groups is 3. The van der Waals surface area contributed by atoms with Gasteiger partial charge in [0, 0.05) is 36.6 Å². The Morgan fingerprint density at radius 2 is 1.71 bits per heavy atom. The zero-order valence-electron chi connectivity index (χ0n) is 34.3. The van der Waals surface area contributed by atoms with Gasteiger partial charge in [0.05, 0.1) is 43.9 Å². The number of methoxy groups -OCH3 is 2.